The summed E-state index contributed by atoms with van der Waals surface area (Å²) < 4.78 is 26.4. The molecule has 0 unspecified atom stereocenters. The Morgan fingerprint density at radius 3 is 2.19 bits per heavy atom. The first kappa shape index (κ1) is 18.5. The smallest absolute Gasteiger partial charge is 0.233 e. The number of rotatable bonds is 7. The maximum atomic E-state index is 11.9. The van der Waals surface area contributed by atoms with Crippen molar-refractivity contribution in [2.75, 3.05) is 46.5 Å². The van der Waals surface area contributed by atoms with E-state index in [-0.39, 0.29) is 5.75 Å². The number of benzene rings is 1. The normalized spacial score (nSPS) is 15.1. The molecule has 0 atom stereocenters. The fourth-order valence-electron chi connectivity index (χ4n) is 3.04. The number of hydrogen-bond donors (Lipinski definition) is 1. The topological polar surface area (TPSA) is 65.5 Å². The van der Waals surface area contributed by atoms with Crippen molar-refractivity contribution in [2.45, 2.75) is 19.8 Å². The highest BCUT2D eigenvalue weighted by Gasteiger charge is 2.18. The lowest BCUT2D eigenvalue weighted by Crippen LogP contribution is -2.46. The van der Waals surface area contributed by atoms with Gasteiger partial charge in [0.2, 0.25) is 10.0 Å². The Hall–Kier alpha value is -2.28. The molecule has 1 aliphatic heterocycles. The number of piperazine rings is 1. The van der Waals surface area contributed by atoms with Crippen LogP contribution in [-0.2, 0) is 10.0 Å². The van der Waals surface area contributed by atoms with Gasteiger partial charge in [-0.25, -0.2) is 13.4 Å². The van der Waals surface area contributed by atoms with Crippen LogP contribution in [0.2, 0.25) is 0 Å². The van der Waals surface area contributed by atoms with Crippen molar-refractivity contribution in [3.63, 3.8) is 0 Å². The number of sulfonamides is 1. The van der Waals surface area contributed by atoms with Gasteiger partial charge in [-0.1, -0.05) is 31.5 Å². The molecule has 1 fully saturated rings. The molecule has 6 nitrogen and oxygen atoms in total. The highest BCUT2D eigenvalue weighted by atomic mass is 32.2. The van der Waals surface area contributed by atoms with E-state index in [9.17, 15) is 8.42 Å². The number of anilines is 3. The Morgan fingerprint density at radius 2 is 1.62 bits per heavy atom. The predicted molar refractivity (Wildman–Crippen MR) is 107 cm³/mol. The van der Waals surface area contributed by atoms with Crippen LogP contribution in [-0.4, -0.2) is 45.3 Å². The monoisotopic (exact) mass is 374 g/mol. The number of hydrogen-bond acceptors (Lipinski definition) is 5. The van der Waals surface area contributed by atoms with Crippen LogP contribution in [0.4, 0.5) is 17.2 Å². The van der Waals surface area contributed by atoms with Gasteiger partial charge in [0.25, 0.3) is 0 Å². The molecule has 0 saturated carbocycles. The lowest BCUT2D eigenvalue weighted by Gasteiger charge is -2.37. The summed E-state index contributed by atoms with van der Waals surface area (Å²) in [5.74, 6) is 0.516. The largest absolute Gasteiger partial charge is 0.368 e. The number of para-hydroxylation sites is 1. The first-order valence-corrected chi connectivity index (χ1v) is 10.7. The van der Waals surface area contributed by atoms with Crippen molar-refractivity contribution >= 4 is 27.2 Å². The molecule has 0 spiro atoms. The molecule has 1 aromatic carbocycles. The molecule has 1 N–H and O–H groups in total. The molecule has 0 bridgehead atoms. The van der Waals surface area contributed by atoms with Crippen molar-refractivity contribution in [2.24, 2.45) is 0 Å². The summed E-state index contributed by atoms with van der Waals surface area (Å²) in [5.41, 5.74) is 2.27. The Kier molecular flexibility index (Phi) is 5.98. The molecular weight excluding hydrogens is 348 g/mol. The molecule has 7 heteroatoms. The molecule has 0 amide bonds. The molecule has 1 aliphatic rings. The van der Waals surface area contributed by atoms with Crippen LogP contribution in [0.25, 0.3) is 0 Å². The van der Waals surface area contributed by atoms with Gasteiger partial charge in [-0.3, -0.25) is 4.72 Å². The van der Waals surface area contributed by atoms with Crippen LogP contribution in [0.1, 0.15) is 19.8 Å². The molecule has 3 rings (SSSR count). The van der Waals surface area contributed by atoms with E-state index in [1.165, 1.54) is 5.69 Å². The molecule has 0 aliphatic carbocycles. The maximum absolute atomic E-state index is 11.9. The first-order chi connectivity index (χ1) is 12.6. The number of nitrogens with zero attached hydrogens (tertiary/aromatic N) is 3. The first-order valence-electron chi connectivity index (χ1n) is 9.09. The highest BCUT2D eigenvalue weighted by Crippen LogP contribution is 2.21. The summed E-state index contributed by atoms with van der Waals surface area (Å²) in [6.45, 7) is 5.71. The van der Waals surface area contributed by atoms with E-state index in [2.05, 4.69) is 43.8 Å². The van der Waals surface area contributed by atoms with Crippen molar-refractivity contribution in [1.82, 2.24) is 4.98 Å². The summed E-state index contributed by atoms with van der Waals surface area (Å²) in [5, 5.41) is 0. The lowest BCUT2D eigenvalue weighted by atomic mass is 10.2. The predicted octanol–water partition coefficient (Wildman–Crippen LogP) is 2.95. The summed E-state index contributed by atoms with van der Waals surface area (Å²) in [6, 6.07) is 14.1. The maximum Gasteiger partial charge on any atom is 0.233 e. The van der Waals surface area contributed by atoms with Crippen molar-refractivity contribution in [3.8, 4) is 0 Å². The third-order valence-electron chi connectivity index (χ3n) is 4.54. The summed E-state index contributed by atoms with van der Waals surface area (Å²) in [6.07, 6.45) is 3.25. The summed E-state index contributed by atoms with van der Waals surface area (Å²) in [4.78, 5) is 8.93. The van der Waals surface area contributed by atoms with Crippen LogP contribution < -0.4 is 14.5 Å². The fourth-order valence-corrected chi connectivity index (χ4v) is 4.25. The second-order valence-electron chi connectivity index (χ2n) is 6.49. The number of pyridine rings is 1. The Labute approximate surface area is 155 Å². The quantitative estimate of drug-likeness (QED) is 0.807. The van der Waals surface area contributed by atoms with Gasteiger partial charge in [0.15, 0.2) is 0 Å². The second kappa shape index (κ2) is 8.40. The zero-order valence-electron chi connectivity index (χ0n) is 15.1. The van der Waals surface area contributed by atoms with Crippen LogP contribution in [0.3, 0.4) is 0 Å². The molecule has 0 radical (unpaired) electrons. The van der Waals surface area contributed by atoms with Crippen LogP contribution in [0.15, 0.2) is 48.7 Å². The zero-order chi connectivity index (χ0) is 18.4. The molecule has 2 aromatic rings. The molecule has 1 saturated heterocycles. The van der Waals surface area contributed by atoms with Gasteiger partial charge >= 0.3 is 0 Å². The lowest BCUT2D eigenvalue weighted by molar-refractivity contribution is 0.597. The van der Waals surface area contributed by atoms with Crippen LogP contribution >= 0.6 is 0 Å². The molecule has 140 valence electrons. The fraction of sp³-hybridized carbons (Fsp3) is 0.421. The zero-order valence-corrected chi connectivity index (χ0v) is 16.0. The van der Waals surface area contributed by atoms with E-state index in [0.717, 1.165) is 38.3 Å². The Balaban J connectivity index is 1.56. The molecular formula is C19H26N4O2S. The van der Waals surface area contributed by atoms with E-state index in [1.54, 1.807) is 12.3 Å². The summed E-state index contributed by atoms with van der Waals surface area (Å²) in [7, 11) is -3.31. The summed E-state index contributed by atoms with van der Waals surface area (Å²) >= 11 is 0. The van der Waals surface area contributed by atoms with Gasteiger partial charge in [0.1, 0.15) is 5.82 Å². The molecule has 1 aromatic heterocycles. The van der Waals surface area contributed by atoms with Gasteiger partial charge in [0, 0.05) is 31.9 Å². The van der Waals surface area contributed by atoms with Gasteiger partial charge in [-0.15, -0.1) is 0 Å². The van der Waals surface area contributed by atoms with E-state index < -0.39 is 10.0 Å². The number of nitrogens with one attached hydrogen (secondary N) is 1. The average molecular weight is 375 g/mol. The third-order valence-corrected chi connectivity index (χ3v) is 5.89. The van der Waals surface area contributed by atoms with Crippen LogP contribution in [0.5, 0.6) is 0 Å². The minimum Gasteiger partial charge on any atom is -0.368 e. The van der Waals surface area contributed by atoms with Crippen molar-refractivity contribution in [1.29, 1.82) is 0 Å². The van der Waals surface area contributed by atoms with E-state index in [4.69, 9.17) is 0 Å². The van der Waals surface area contributed by atoms with E-state index in [0.29, 0.717) is 12.2 Å². The average Bonchev–Trinajstić information content (AvgIpc) is 2.68. The number of unbranched alkanes of at least 4 members (excludes halogenated alkanes) is 1. The SMILES string of the molecule is CCCCS(=O)(=O)Nc1ccc(N2CCN(c3ccccc3)CC2)cn1. The minimum atomic E-state index is -3.31. The van der Waals surface area contributed by atoms with Crippen molar-refractivity contribution in [3.05, 3.63) is 48.7 Å². The number of aromatic nitrogens is 1. The molecule has 26 heavy (non-hydrogen) atoms. The minimum absolute atomic E-state index is 0.133. The molecule has 2 heterocycles. The van der Waals surface area contributed by atoms with Crippen molar-refractivity contribution < 1.29 is 8.42 Å². The highest BCUT2D eigenvalue weighted by molar-refractivity contribution is 7.92. The standard InChI is InChI=1S/C19H26N4O2S/c1-2-3-15-26(24,25)21-19-10-9-18(16-20-19)23-13-11-22(12-14-23)17-7-5-4-6-8-17/h4-10,16H,2-3,11-15H2,1H3,(H,20,21). The Morgan fingerprint density at radius 1 is 0.962 bits per heavy atom. The Bertz CT molecular complexity index is 786. The van der Waals surface area contributed by atoms with Gasteiger partial charge in [-0.2, -0.15) is 0 Å². The van der Waals surface area contributed by atoms with Gasteiger partial charge in [0.05, 0.1) is 17.6 Å². The van der Waals surface area contributed by atoms with E-state index in [1.807, 2.05) is 19.1 Å². The van der Waals surface area contributed by atoms with Gasteiger partial charge < -0.3 is 9.80 Å². The van der Waals surface area contributed by atoms with Crippen LogP contribution in [0, 0.1) is 0 Å². The van der Waals surface area contributed by atoms with Gasteiger partial charge in [-0.05, 0) is 30.7 Å². The third kappa shape index (κ3) is 4.88. The van der Waals surface area contributed by atoms with E-state index >= 15 is 0 Å². The second-order valence-corrected chi connectivity index (χ2v) is 8.33.